The van der Waals surface area contributed by atoms with Gasteiger partial charge in [-0.2, -0.15) is 5.26 Å². The van der Waals surface area contributed by atoms with E-state index >= 15 is 0 Å². The van der Waals surface area contributed by atoms with Crippen LogP contribution in [-0.4, -0.2) is 4.98 Å². The molecule has 2 rings (SSSR count). The lowest BCUT2D eigenvalue weighted by atomic mass is 10.2. The van der Waals surface area contributed by atoms with Crippen LogP contribution >= 0.6 is 22.9 Å². The molecule has 0 saturated carbocycles. The zero-order valence-corrected chi connectivity index (χ0v) is 11.6. The molecule has 0 spiro atoms. The number of halogens is 1. The van der Waals surface area contributed by atoms with Crippen molar-refractivity contribution in [1.29, 1.82) is 5.26 Å². The number of hydrogen-bond donors (Lipinski definition) is 1. The Bertz CT molecular complexity index is 599. The highest BCUT2D eigenvalue weighted by molar-refractivity contribution is 7.13. The lowest BCUT2D eigenvalue weighted by molar-refractivity contribution is 0.834. The predicted molar refractivity (Wildman–Crippen MR) is 75.7 cm³/mol. The Balaban J connectivity index is 2.26. The smallest absolute Gasteiger partial charge is 0.187 e. The van der Waals surface area contributed by atoms with E-state index in [0.29, 0.717) is 16.5 Å². The van der Waals surface area contributed by atoms with Crippen LogP contribution in [-0.2, 0) is 0 Å². The third-order valence-corrected chi connectivity index (χ3v) is 3.47. The molecular weight excluding hydrogens is 266 g/mol. The second kappa shape index (κ2) is 5.38. The third-order valence-electron chi connectivity index (χ3n) is 2.46. The summed E-state index contributed by atoms with van der Waals surface area (Å²) in [4.78, 5) is 4.47. The monoisotopic (exact) mass is 277 g/mol. The van der Waals surface area contributed by atoms with Gasteiger partial charge in [0.05, 0.1) is 16.9 Å². The number of thiazole rings is 1. The second-order valence-corrected chi connectivity index (χ2v) is 5.45. The van der Waals surface area contributed by atoms with Crippen LogP contribution in [0.2, 0.25) is 5.02 Å². The van der Waals surface area contributed by atoms with Gasteiger partial charge in [-0.15, -0.1) is 11.3 Å². The fourth-order valence-electron chi connectivity index (χ4n) is 1.44. The first-order chi connectivity index (χ1) is 8.60. The van der Waals surface area contributed by atoms with E-state index in [1.54, 1.807) is 18.2 Å². The van der Waals surface area contributed by atoms with Crippen LogP contribution in [0, 0.1) is 11.3 Å². The summed E-state index contributed by atoms with van der Waals surface area (Å²) in [6.45, 7) is 4.20. The fourth-order valence-corrected chi connectivity index (χ4v) is 2.50. The zero-order chi connectivity index (χ0) is 13.1. The highest BCUT2D eigenvalue weighted by Gasteiger charge is 2.08. The average molecular weight is 278 g/mol. The molecule has 0 aliphatic heterocycles. The second-order valence-electron chi connectivity index (χ2n) is 4.16. The Labute approximate surface area is 115 Å². The van der Waals surface area contributed by atoms with Crippen molar-refractivity contribution in [3.05, 3.63) is 39.9 Å². The summed E-state index contributed by atoms with van der Waals surface area (Å²) in [7, 11) is 0. The topological polar surface area (TPSA) is 48.7 Å². The van der Waals surface area contributed by atoms with Crippen LogP contribution < -0.4 is 5.32 Å². The number of nitrogens with one attached hydrogen (secondary N) is 1. The van der Waals surface area contributed by atoms with Crippen molar-refractivity contribution >= 4 is 33.8 Å². The van der Waals surface area contributed by atoms with Gasteiger partial charge in [-0.25, -0.2) is 4.98 Å². The molecule has 0 aliphatic carbocycles. The Kier molecular flexibility index (Phi) is 3.85. The van der Waals surface area contributed by atoms with Gasteiger partial charge in [0.2, 0.25) is 0 Å². The van der Waals surface area contributed by atoms with E-state index in [2.05, 4.69) is 30.2 Å². The number of nitriles is 1. The Morgan fingerprint density at radius 3 is 2.83 bits per heavy atom. The lowest BCUT2D eigenvalue weighted by Crippen LogP contribution is -1.94. The van der Waals surface area contributed by atoms with Crippen molar-refractivity contribution in [3.8, 4) is 6.07 Å². The normalized spacial score (nSPS) is 10.4. The van der Waals surface area contributed by atoms with E-state index < -0.39 is 0 Å². The number of benzene rings is 1. The molecule has 0 unspecified atom stereocenters. The van der Waals surface area contributed by atoms with Crippen molar-refractivity contribution in [1.82, 2.24) is 4.98 Å². The zero-order valence-electron chi connectivity index (χ0n) is 10.1. The summed E-state index contributed by atoms with van der Waals surface area (Å²) in [5, 5.41) is 15.6. The number of rotatable bonds is 3. The quantitative estimate of drug-likeness (QED) is 0.896. The maximum Gasteiger partial charge on any atom is 0.187 e. The van der Waals surface area contributed by atoms with E-state index in [4.69, 9.17) is 16.9 Å². The van der Waals surface area contributed by atoms with Gasteiger partial charge in [0.1, 0.15) is 6.07 Å². The Morgan fingerprint density at radius 1 is 1.44 bits per heavy atom. The molecule has 2 aromatic rings. The number of hydrogen-bond acceptors (Lipinski definition) is 4. The summed E-state index contributed by atoms with van der Waals surface area (Å²) in [5.74, 6) is 0.400. The molecular formula is C13H12ClN3S. The Morgan fingerprint density at radius 2 is 2.22 bits per heavy atom. The molecule has 0 aliphatic rings. The molecule has 0 amide bonds. The van der Waals surface area contributed by atoms with Gasteiger partial charge in [0.25, 0.3) is 0 Å². The van der Waals surface area contributed by atoms with Crippen molar-refractivity contribution < 1.29 is 0 Å². The summed E-state index contributed by atoms with van der Waals surface area (Å²) >= 11 is 7.38. The largest absolute Gasteiger partial charge is 0.330 e. The van der Waals surface area contributed by atoms with Crippen LogP contribution in [0.15, 0.2) is 23.6 Å². The number of aromatic nitrogens is 1. The fraction of sp³-hybridized carbons (Fsp3) is 0.231. The first kappa shape index (κ1) is 12.9. The van der Waals surface area contributed by atoms with Gasteiger partial charge < -0.3 is 5.32 Å². The van der Waals surface area contributed by atoms with Crippen LogP contribution in [0.5, 0.6) is 0 Å². The minimum absolute atomic E-state index is 0.400. The predicted octanol–water partition coefficient (Wildman–Crippen LogP) is 4.54. The van der Waals surface area contributed by atoms with Crippen molar-refractivity contribution in [3.63, 3.8) is 0 Å². The van der Waals surface area contributed by atoms with Crippen molar-refractivity contribution in [2.24, 2.45) is 0 Å². The van der Waals surface area contributed by atoms with Gasteiger partial charge in [-0.05, 0) is 24.1 Å². The molecule has 0 atom stereocenters. The number of nitrogens with zero attached hydrogens (tertiary/aromatic N) is 2. The first-order valence-corrected chi connectivity index (χ1v) is 6.78. The van der Waals surface area contributed by atoms with Crippen LogP contribution in [0.25, 0.3) is 0 Å². The van der Waals surface area contributed by atoms with E-state index in [-0.39, 0.29) is 0 Å². The maximum atomic E-state index is 9.05. The molecule has 1 aromatic heterocycles. The van der Waals surface area contributed by atoms with E-state index in [1.807, 2.05) is 5.38 Å². The summed E-state index contributed by atoms with van der Waals surface area (Å²) in [6, 6.07) is 7.30. The van der Waals surface area contributed by atoms with Gasteiger partial charge in [0.15, 0.2) is 5.13 Å². The molecule has 1 aromatic carbocycles. The lowest BCUT2D eigenvalue weighted by Gasteiger charge is -2.05. The Hall–Kier alpha value is -1.57. The van der Waals surface area contributed by atoms with E-state index in [9.17, 15) is 0 Å². The van der Waals surface area contributed by atoms with Crippen molar-refractivity contribution in [2.45, 2.75) is 19.8 Å². The molecule has 1 N–H and O–H groups in total. The summed E-state index contributed by atoms with van der Waals surface area (Å²) in [6.07, 6.45) is 0. The van der Waals surface area contributed by atoms with Gasteiger partial charge in [-0.1, -0.05) is 25.4 Å². The van der Waals surface area contributed by atoms with Gasteiger partial charge >= 0.3 is 0 Å². The molecule has 3 nitrogen and oxygen atoms in total. The van der Waals surface area contributed by atoms with Crippen LogP contribution in [0.4, 0.5) is 10.8 Å². The molecule has 0 fully saturated rings. The highest BCUT2D eigenvalue weighted by Crippen LogP contribution is 2.27. The summed E-state index contributed by atoms with van der Waals surface area (Å²) < 4.78 is 0. The molecule has 5 heteroatoms. The SMILES string of the molecule is CC(C)c1csc(Nc2ccc(Cl)cc2C#N)n1. The molecule has 18 heavy (non-hydrogen) atoms. The first-order valence-electron chi connectivity index (χ1n) is 5.52. The molecule has 0 radical (unpaired) electrons. The highest BCUT2D eigenvalue weighted by atomic mass is 35.5. The van der Waals surface area contributed by atoms with Gasteiger partial charge in [-0.3, -0.25) is 0 Å². The van der Waals surface area contributed by atoms with E-state index in [1.165, 1.54) is 11.3 Å². The molecule has 0 bridgehead atoms. The summed E-state index contributed by atoms with van der Waals surface area (Å²) in [5.41, 5.74) is 2.30. The van der Waals surface area contributed by atoms with Crippen molar-refractivity contribution in [2.75, 3.05) is 5.32 Å². The third kappa shape index (κ3) is 2.81. The van der Waals surface area contributed by atoms with Gasteiger partial charge in [0, 0.05) is 10.4 Å². The minimum atomic E-state index is 0.400. The molecule has 1 heterocycles. The van der Waals surface area contributed by atoms with E-state index in [0.717, 1.165) is 16.5 Å². The minimum Gasteiger partial charge on any atom is -0.330 e. The van der Waals surface area contributed by atoms with Crippen LogP contribution in [0.1, 0.15) is 31.0 Å². The van der Waals surface area contributed by atoms with Crippen LogP contribution in [0.3, 0.4) is 0 Å². The number of anilines is 2. The molecule has 0 saturated heterocycles. The molecule has 92 valence electrons. The maximum absolute atomic E-state index is 9.05. The standard InChI is InChI=1S/C13H12ClN3S/c1-8(2)12-7-18-13(17-12)16-11-4-3-10(14)5-9(11)6-15/h3-5,7-8H,1-2H3,(H,16,17). The average Bonchev–Trinajstić information content (AvgIpc) is 2.80.